The molecule has 0 bridgehead atoms. The highest BCUT2D eigenvalue weighted by atomic mass is 16.5. The van der Waals surface area contributed by atoms with Gasteiger partial charge in [0.05, 0.1) is 5.56 Å². The standard InChI is InChI=1S/C16H18N2O3/c19-16(20)13-9-7-11(8-10-13)14-17-15(21-18-14)12-5-3-1-2-4-6-12/h7-10,12H,1-6H2,(H,19,20). The fraction of sp³-hybridized carbons (Fsp3) is 0.438. The fourth-order valence-corrected chi connectivity index (χ4v) is 2.81. The maximum Gasteiger partial charge on any atom is 0.335 e. The lowest BCUT2D eigenvalue weighted by Crippen LogP contribution is -1.97. The summed E-state index contributed by atoms with van der Waals surface area (Å²) < 4.78 is 5.41. The summed E-state index contributed by atoms with van der Waals surface area (Å²) in [5.74, 6) is 0.682. The van der Waals surface area contributed by atoms with Crippen molar-refractivity contribution in [3.63, 3.8) is 0 Å². The number of rotatable bonds is 3. The first-order valence-electron chi connectivity index (χ1n) is 7.41. The normalized spacial score (nSPS) is 16.6. The van der Waals surface area contributed by atoms with Crippen molar-refractivity contribution < 1.29 is 14.4 Å². The molecule has 1 heterocycles. The average Bonchev–Trinajstić information content (AvgIpc) is 2.83. The molecule has 0 radical (unpaired) electrons. The lowest BCUT2D eigenvalue weighted by atomic mass is 10.0. The first-order chi connectivity index (χ1) is 10.2. The van der Waals surface area contributed by atoms with Gasteiger partial charge in [-0.3, -0.25) is 0 Å². The third-order valence-electron chi connectivity index (χ3n) is 4.04. The molecular formula is C16H18N2O3. The van der Waals surface area contributed by atoms with Crippen molar-refractivity contribution in [3.05, 3.63) is 35.7 Å². The van der Waals surface area contributed by atoms with E-state index in [9.17, 15) is 4.79 Å². The van der Waals surface area contributed by atoms with Crippen LogP contribution in [0.1, 0.15) is 60.7 Å². The highest BCUT2D eigenvalue weighted by Gasteiger charge is 2.21. The van der Waals surface area contributed by atoms with Crippen LogP contribution in [-0.2, 0) is 0 Å². The second-order valence-corrected chi connectivity index (χ2v) is 5.53. The molecule has 0 atom stereocenters. The van der Waals surface area contributed by atoms with Gasteiger partial charge in [-0.1, -0.05) is 43.0 Å². The van der Waals surface area contributed by atoms with Crippen LogP contribution in [0.2, 0.25) is 0 Å². The molecule has 0 aliphatic heterocycles. The minimum atomic E-state index is -0.936. The summed E-state index contributed by atoms with van der Waals surface area (Å²) >= 11 is 0. The topological polar surface area (TPSA) is 76.2 Å². The molecule has 5 heteroatoms. The molecule has 110 valence electrons. The second-order valence-electron chi connectivity index (χ2n) is 5.53. The fourth-order valence-electron chi connectivity index (χ4n) is 2.81. The summed E-state index contributed by atoms with van der Waals surface area (Å²) in [6, 6.07) is 6.54. The smallest absolute Gasteiger partial charge is 0.335 e. The lowest BCUT2D eigenvalue weighted by Gasteiger charge is -2.06. The first kappa shape index (κ1) is 13.8. The minimum Gasteiger partial charge on any atom is -0.478 e. The molecule has 1 aliphatic carbocycles. The second kappa shape index (κ2) is 6.08. The van der Waals surface area contributed by atoms with E-state index in [0.717, 1.165) is 18.4 Å². The predicted octanol–water partition coefficient (Wildman–Crippen LogP) is 3.87. The Morgan fingerprint density at radius 1 is 1.10 bits per heavy atom. The van der Waals surface area contributed by atoms with Crippen molar-refractivity contribution in [2.45, 2.75) is 44.4 Å². The quantitative estimate of drug-likeness (QED) is 0.867. The van der Waals surface area contributed by atoms with Crippen LogP contribution in [0.15, 0.2) is 28.8 Å². The van der Waals surface area contributed by atoms with Crippen LogP contribution in [0.4, 0.5) is 0 Å². The average molecular weight is 286 g/mol. The summed E-state index contributed by atoms with van der Waals surface area (Å²) in [6.45, 7) is 0. The molecule has 1 N–H and O–H groups in total. The number of nitrogens with zero attached hydrogens (tertiary/aromatic N) is 2. The molecule has 1 aliphatic rings. The van der Waals surface area contributed by atoms with Gasteiger partial charge in [0.2, 0.25) is 11.7 Å². The Kier molecular flexibility index (Phi) is 3.99. The minimum absolute atomic E-state index is 0.256. The number of aromatic carboxylic acids is 1. The van der Waals surface area contributed by atoms with Crippen LogP contribution in [0.5, 0.6) is 0 Å². The Morgan fingerprint density at radius 2 is 1.76 bits per heavy atom. The molecule has 1 saturated carbocycles. The van der Waals surface area contributed by atoms with Gasteiger partial charge in [0.1, 0.15) is 0 Å². The molecule has 0 unspecified atom stereocenters. The Bertz CT molecular complexity index is 611. The van der Waals surface area contributed by atoms with Crippen molar-refractivity contribution >= 4 is 5.97 Å². The van der Waals surface area contributed by atoms with E-state index < -0.39 is 5.97 Å². The molecule has 21 heavy (non-hydrogen) atoms. The molecule has 0 spiro atoms. The highest BCUT2D eigenvalue weighted by molar-refractivity contribution is 5.88. The zero-order valence-corrected chi connectivity index (χ0v) is 11.8. The number of hydrogen-bond donors (Lipinski definition) is 1. The summed E-state index contributed by atoms with van der Waals surface area (Å²) in [5, 5.41) is 12.9. The van der Waals surface area contributed by atoms with E-state index in [0.29, 0.717) is 17.6 Å². The summed E-state index contributed by atoms with van der Waals surface area (Å²) in [7, 11) is 0. The van der Waals surface area contributed by atoms with Gasteiger partial charge in [-0.05, 0) is 25.0 Å². The number of carboxylic acids is 1. The van der Waals surface area contributed by atoms with Crippen LogP contribution in [0.25, 0.3) is 11.4 Å². The number of hydrogen-bond acceptors (Lipinski definition) is 4. The van der Waals surface area contributed by atoms with Crippen LogP contribution in [-0.4, -0.2) is 21.2 Å². The van der Waals surface area contributed by atoms with Crippen LogP contribution < -0.4 is 0 Å². The van der Waals surface area contributed by atoms with Gasteiger partial charge >= 0.3 is 5.97 Å². The van der Waals surface area contributed by atoms with Crippen molar-refractivity contribution in [1.29, 1.82) is 0 Å². The van der Waals surface area contributed by atoms with Crippen molar-refractivity contribution in [1.82, 2.24) is 10.1 Å². The molecular weight excluding hydrogens is 268 g/mol. The molecule has 1 aromatic carbocycles. The molecule has 0 saturated heterocycles. The summed E-state index contributed by atoms with van der Waals surface area (Å²) in [4.78, 5) is 15.3. The van der Waals surface area contributed by atoms with Gasteiger partial charge in [0.25, 0.3) is 0 Å². The number of carboxylic acid groups (broad SMARTS) is 1. The van der Waals surface area contributed by atoms with E-state index in [4.69, 9.17) is 9.63 Å². The number of carbonyl (C=O) groups is 1. The first-order valence-corrected chi connectivity index (χ1v) is 7.41. The summed E-state index contributed by atoms with van der Waals surface area (Å²) in [5.41, 5.74) is 1.04. The monoisotopic (exact) mass is 286 g/mol. The van der Waals surface area contributed by atoms with Gasteiger partial charge in [-0.25, -0.2) is 4.79 Å². The largest absolute Gasteiger partial charge is 0.478 e. The molecule has 5 nitrogen and oxygen atoms in total. The van der Waals surface area contributed by atoms with E-state index in [1.54, 1.807) is 24.3 Å². The Morgan fingerprint density at radius 3 is 2.38 bits per heavy atom. The molecule has 2 aromatic rings. The van der Waals surface area contributed by atoms with Gasteiger partial charge < -0.3 is 9.63 Å². The van der Waals surface area contributed by atoms with E-state index in [1.165, 1.54) is 25.7 Å². The molecule has 0 amide bonds. The molecule has 1 aromatic heterocycles. The van der Waals surface area contributed by atoms with Crippen molar-refractivity contribution in [3.8, 4) is 11.4 Å². The zero-order valence-electron chi connectivity index (χ0n) is 11.8. The van der Waals surface area contributed by atoms with E-state index in [-0.39, 0.29) is 5.56 Å². The Balaban J connectivity index is 1.79. The maximum atomic E-state index is 10.8. The molecule has 1 fully saturated rings. The lowest BCUT2D eigenvalue weighted by molar-refractivity contribution is 0.0697. The van der Waals surface area contributed by atoms with Gasteiger partial charge in [0.15, 0.2) is 0 Å². The molecule has 3 rings (SSSR count). The zero-order chi connectivity index (χ0) is 14.7. The third-order valence-corrected chi connectivity index (χ3v) is 4.04. The van der Waals surface area contributed by atoms with Crippen LogP contribution in [0, 0.1) is 0 Å². The third kappa shape index (κ3) is 3.12. The van der Waals surface area contributed by atoms with Gasteiger partial charge in [0, 0.05) is 11.5 Å². The van der Waals surface area contributed by atoms with Gasteiger partial charge in [-0.2, -0.15) is 4.98 Å². The van der Waals surface area contributed by atoms with Gasteiger partial charge in [-0.15, -0.1) is 0 Å². The van der Waals surface area contributed by atoms with E-state index in [1.807, 2.05) is 0 Å². The van der Waals surface area contributed by atoms with Crippen molar-refractivity contribution in [2.24, 2.45) is 0 Å². The SMILES string of the molecule is O=C(O)c1ccc(-c2noc(C3CCCCCC3)n2)cc1. The highest BCUT2D eigenvalue weighted by Crippen LogP contribution is 2.31. The Labute approximate surface area is 123 Å². The number of benzene rings is 1. The Hall–Kier alpha value is -2.17. The van der Waals surface area contributed by atoms with Crippen LogP contribution >= 0.6 is 0 Å². The van der Waals surface area contributed by atoms with E-state index in [2.05, 4.69) is 10.1 Å². The summed E-state index contributed by atoms with van der Waals surface area (Å²) in [6.07, 6.45) is 7.23. The van der Waals surface area contributed by atoms with Crippen molar-refractivity contribution in [2.75, 3.05) is 0 Å². The van der Waals surface area contributed by atoms with E-state index >= 15 is 0 Å². The maximum absolute atomic E-state index is 10.8. The number of aromatic nitrogens is 2. The predicted molar refractivity (Wildman–Crippen MR) is 77.1 cm³/mol. The van der Waals surface area contributed by atoms with Crippen LogP contribution in [0.3, 0.4) is 0 Å².